The van der Waals surface area contributed by atoms with Crippen LogP contribution >= 0.6 is 0 Å². The van der Waals surface area contributed by atoms with Crippen molar-refractivity contribution in [1.82, 2.24) is 4.98 Å². The van der Waals surface area contributed by atoms with Crippen molar-refractivity contribution in [3.63, 3.8) is 0 Å². The Morgan fingerprint density at radius 2 is 2.00 bits per heavy atom. The molecule has 1 aliphatic rings. The molecular weight excluding hydrogens is 138 g/mol. The van der Waals surface area contributed by atoms with Crippen LogP contribution in [0.4, 0.5) is 11.6 Å². The van der Waals surface area contributed by atoms with E-state index >= 15 is 0 Å². The molecule has 2 rings (SSSR count). The van der Waals surface area contributed by atoms with Crippen molar-refractivity contribution in [2.45, 2.75) is 18.8 Å². The summed E-state index contributed by atoms with van der Waals surface area (Å²) < 4.78 is 0. The van der Waals surface area contributed by atoms with Gasteiger partial charge in [-0.1, -0.05) is 6.07 Å². The van der Waals surface area contributed by atoms with Crippen molar-refractivity contribution >= 4 is 11.6 Å². The lowest BCUT2D eigenvalue weighted by Gasteiger charge is -2.02. The Hall–Kier alpha value is -1.25. The second kappa shape index (κ2) is 2.12. The first-order valence-corrected chi connectivity index (χ1v) is 3.79. The van der Waals surface area contributed by atoms with Gasteiger partial charge >= 0.3 is 0 Å². The Kier molecular flexibility index (Phi) is 1.24. The third-order valence-corrected chi connectivity index (χ3v) is 2.00. The lowest BCUT2D eigenvalue weighted by Crippen LogP contribution is -1.99. The van der Waals surface area contributed by atoms with Crippen LogP contribution in [0.2, 0.25) is 0 Å². The fourth-order valence-corrected chi connectivity index (χ4v) is 1.24. The Labute approximate surface area is 65.4 Å². The highest BCUT2D eigenvalue weighted by atomic mass is 14.9. The largest absolute Gasteiger partial charge is 0.384 e. The van der Waals surface area contributed by atoms with Crippen LogP contribution in [0.15, 0.2) is 12.1 Å². The molecule has 0 amide bonds. The molecule has 11 heavy (non-hydrogen) atoms. The molecule has 1 fully saturated rings. The van der Waals surface area contributed by atoms with E-state index in [-0.39, 0.29) is 0 Å². The number of nitrogens with two attached hydrogens (primary N) is 2. The number of aromatic nitrogens is 1. The van der Waals surface area contributed by atoms with Gasteiger partial charge in [0.05, 0.1) is 0 Å². The summed E-state index contributed by atoms with van der Waals surface area (Å²) in [5.41, 5.74) is 12.3. The first-order valence-electron chi connectivity index (χ1n) is 3.79. The van der Waals surface area contributed by atoms with Crippen LogP contribution in [0.25, 0.3) is 0 Å². The highest BCUT2D eigenvalue weighted by Gasteiger charge is 2.25. The summed E-state index contributed by atoms with van der Waals surface area (Å²) in [6, 6.07) is 3.79. The van der Waals surface area contributed by atoms with Crippen LogP contribution in [0, 0.1) is 0 Å². The fourth-order valence-electron chi connectivity index (χ4n) is 1.24. The molecule has 0 aromatic carbocycles. The Morgan fingerprint density at radius 1 is 1.27 bits per heavy atom. The summed E-state index contributed by atoms with van der Waals surface area (Å²) in [7, 11) is 0. The average molecular weight is 149 g/mol. The monoisotopic (exact) mass is 149 g/mol. The van der Waals surface area contributed by atoms with E-state index in [4.69, 9.17) is 11.5 Å². The predicted molar refractivity (Wildman–Crippen MR) is 45.0 cm³/mol. The molecule has 0 radical (unpaired) electrons. The smallest absolute Gasteiger partial charge is 0.129 e. The van der Waals surface area contributed by atoms with Crippen LogP contribution in [0.5, 0.6) is 0 Å². The summed E-state index contributed by atoms with van der Waals surface area (Å²) in [4.78, 5) is 3.99. The molecule has 0 atom stereocenters. The standard InChI is InChI=1S/C8H11N3/c9-7-4-3-6(5-1-2-5)8(10)11-7/h3-5H,1-2H2,(H4,9,10,11). The van der Waals surface area contributed by atoms with E-state index < -0.39 is 0 Å². The molecule has 0 aliphatic heterocycles. The molecule has 58 valence electrons. The Bertz CT molecular complexity index is 279. The molecule has 0 spiro atoms. The van der Waals surface area contributed by atoms with Crippen molar-refractivity contribution in [3.8, 4) is 0 Å². The summed E-state index contributed by atoms with van der Waals surface area (Å²) in [6.45, 7) is 0. The number of nitrogen functional groups attached to an aromatic ring is 2. The van der Waals surface area contributed by atoms with E-state index in [2.05, 4.69) is 4.98 Å². The number of hydrogen-bond acceptors (Lipinski definition) is 3. The van der Waals surface area contributed by atoms with Gasteiger partial charge in [-0.15, -0.1) is 0 Å². The second-order valence-corrected chi connectivity index (χ2v) is 2.98. The molecule has 1 aromatic heterocycles. The second-order valence-electron chi connectivity index (χ2n) is 2.98. The number of pyridine rings is 1. The van der Waals surface area contributed by atoms with E-state index in [1.807, 2.05) is 12.1 Å². The van der Waals surface area contributed by atoms with Gasteiger partial charge in [-0.05, 0) is 30.4 Å². The summed E-state index contributed by atoms with van der Waals surface area (Å²) >= 11 is 0. The van der Waals surface area contributed by atoms with Gasteiger partial charge in [0.25, 0.3) is 0 Å². The van der Waals surface area contributed by atoms with E-state index in [9.17, 15) is 0 Å². The van der Waals surface area contributed by atoms with Crippen LogP contribution < -0.4 is 11.5 Å². The summed E-state index contributed by atoms with van der Waals surface area (Å²) in [5.74, 6) is 1.77. The molecule has 1 aliphatic carbocycles. The zero-order chi connectivity index (χ0) is 7.84. The molecule has 1 heterocycles. The maximum Gasteiger partial charge on any atom is 0.129 e. The van der Waals surface area contributed by atoms with Gasteiger partial charge in [-0.2, -0.15) is 0 Å². The maximum absolute atomic E-state index is 5.67. The molecule has 1 aromatic rings. The van der Waals surface area contributed by atoms with Gasteiger partial charge in [-0.25, -0.2) is 4.98 Å². The molecule has 1 saturated carbocycles. The summed E-state index contributed by atoms with van der Waals surface area (Å²) in [5, 5.41) is 0. The van der Waals surface area contributed by atoms with Crippen molar-refractivity contribution in [2.75, 3.05) is 11.5 Å². The Balaban J connectivity index is 2.39. The van der Waals surface area contributed by atoms with E-state index in [1.54, 1.807) is 0 Å². The number of hydrogen-bond donors (Lipinski definition) is 2. The van der Waals surface area contributed by atoms with Crippen molar-refractivity contribution < 1.29 is 0 Å². The van der Waals surface area contributed by atoms with Crippen molar-refractivity contribution in [2.24, 2.45) is 0 Å². The minimum absolute atomic E-state index is 0.506. The molecule has 3 heteroatoms. The van der Waals surface area contributed by atoms with Crippen molar-refractivity contribution in [3.05, 3.63) is 17.7 Å². The van der Waals surface area contributed by atoms with Gasteiger partial charge in [0.15, 0.2) is 0 Å². The molecule has 0 bridgehead atoms. The lowest BCUT2D eigenvalue weighted by molar-refractivity contribution is 1.11. The van der Waals surface area contributed by atoms with Crippen LogP contribution in [0.1, 0.15) is 24.3 Å². The van der Waals surface area contributed by atoms with E-state index in [1.165, 1.54) is 18.4 Å². The average Bonchev–Trinajstić information content (AvgIpc) is 2.70. The molecule has 3 nitrogen and oxygen atoms in total. The lowest BCUT2D eigenvalue weighted by atomic mass is 10.2. The van der Waals surface area contributed by atoms with E-state index in [0.29, 0.717) is 17.6 Å². The fraction of sp³-hybridized carbons (Fsp3) is 0.375. The zero-order valence-corrected chi connectivity index (χ0v) is 6.25. The van der Waals surface area contributed by atoms with Gasteiger partial charge in [-0.3, -0.25) is 0 Å². The zero-order valence-electron chi connectivity index (χ0n) is 6.25. The number of nitrogens with zero attached hydrogens (tertiary/aromatic N) is 1. The highest BCUT2D eigenvalue weighted by molar-refractivity contribution is 5.49. The molecule has 0 unspecified atom stereocenters. The molecular formula is C8H11N3. The summed E-state index contributed by atoms with van der Waals surface area (Å²) in [6.07, 6.45) is 2.49. The highest BCUT2D eigenvalue weighted by Crippen LogP contribution is 2.42. The third-order valence-electron chi connectivity index (χ3n) is 2.00. The number of rotatable bonds is 1. The van der Waals surface area contributed by atoms with Gasteiger partial charge in [0.2, 0.25) is 0 Å². The van der Waals surface area contributed by atoms with Gasteiger partial charge in [0, 0.05) is 0 Å². The maximum atomic E-state index is 5.67. The van der Waals surface area contributed by atoms with Crippen LogP contribution in [0.3, 0.4) is 0 Å². The topological polar surface area (TPSA) is 64.9 Å². The number of anilines is 2. The first-order chi connectivity index (χ1) is 5.27. The van der Waals surface area contributed by atoms with E-state index in [0.717, 1.165) is 0 Å². The van der Waals surface area contributed by atoms with Crippen LogP contribution in [-0.2, 0) is 0 Å². The van der Waals surface area contributed by atoms with Crippen molar-refractivity contribution in [1.29, 1.82) is 0 Å². The molecule has 4 N–H and O–H groups in total. The normalized spacial score (nSPS) is 16.7. The SMILES string of the molecule is Nc1ccc(C2CC2)c(N)n1. The minimum Gasteiger partial charge on any atom is -0.384 e. The predicted octanol–water partition coefficient (Wildman–Crippen LogP) is 1.12. The minimum atomic E-state index is 0.506. The van der Waals surface area contributed by atoms with Gasteiger partial charge in [0.1, 0.15) is 11.6 Å². The quantitative estimate of drug-likeness (QED) is 0.629. The van der Waals surface area contributed by atoms with Gasteiger partial charge < -0.3 is 11.5 Å². The Morgan fingerprint density at radius 3 is 2.55 bits per heavy atom. The first kappa shape index (κ1) is 6.46. The third kappa shape index (κ3) is 1.13. The van der Waals surface area contributed by atoms with Crippen LogP contribution in [-0.4, -0.2) is 4.98 Å². The molecule has 0 saturated heterocycles.